The molecule has 0 radical (unpaired) electrons. The number of hydrogen-bond donors (Lipinski definition) is 2. The van der Waals surface area contributed by atoms with Gasteiger partial charge in [0.15, 0.2) is 0 Å². The Balaban J connectivity index is 2.23. The minimum Gasteiger partial charge on any atom is -0.481 e. The van der Waals surface area contributed by atoms with Gasteiger partial charge in [0, 0.05) is 18.9 Å². The number of rotatable bonds is 5. The van der Waals surface area contributed by atoms with E-state index < -0.39 is 5.97 Å². The van der Waals surface area contributed by atoms with Crippen LogP contribution >= 0.6 is 0 Å². The number of carbonyl (C=O) groups excluding carboxylic acids is 1. The van der Waals surface area contributed by atoms with Crippen LogP contribution in [0.2, 0.25) is 0 Å². The van der Waals surface area contributed by atoms with Gasteiger partial charge in [-0.3, -0.25) is 9.59 Å². The van der Waals surface area contributed by atoms with Crippen LogP contribution in [0, 0.1) is 11.8 Å². The van der Waals surface area contributed by atoms with E-state index in [1.54, 1.807) is 0 Å². The maximum absolute atomic E-state index is 11.6. The fourth-order valence-corrected chi connectivity index (χ4v) is 2.76. The molecule has 0 aliphatic heterocycles. The molecule has 98 valence electrons. The van der Waals surface area contributed by atoms with E-state index in [0.717, 1.165) is 12.8 Å². The van der Waals surface area contributed by atoms with Gasteiger partial charge in [-0.25, -0.2) is 0 Å². The van der Waals surface area contributed by atoms with Crippen LogP contribution in [0.1, 0.15) is 52.4 Å². The minimum absolute atomic E-state index is 0.00227. The monoisotopic (exact) mass is 241 g/mol. The van der Waals surface area contributed by atoms with Crippen molar-refractivity contribution in [1.82, 2.24) is 5.32 Å². The quantitative estimate of drug-likeness (QED) is 0.775. The Kier molecular flexibility index (Phi) is 5.45. The van der Waals surface area contributed by atoms with Crippen molar-refractivity contribution in [3.63, 3.8) is 0 Å². The summed E-state index contributed by atoms with van der Waals surface area (Å²) in [5.41, 5.74) is 0. The fourth-order valence-electron chi connectivity index (χ4n) is 2.76. The first-order valence-corrected chi connectivity index (χ1v) is 6.48. The maximum atomic E-state index is 11.6. The van der Waals surface area contributed by atoms with Crippen molar-refractivity contribution in [3.05, 3.63) is 0 Å². The van der Waals surface area contributed by atoms with Crippen molar-refractivity contribution >= 4 is 11.9 Å². The molecule has 0 aromatic rings. The molecule has 1 rings (SSSR count). The molecule has 4 heteroatoms. The number of hydrogen-bond acceptors (Lipinski definition) is 2. The lowest BCUT2D eigenvalue weighted by molar-refractivity contribution is -0.137. The van der Waals surface area contributed by atoms with E-state index >= 15 is 0 Å². The largest absolute Gasteiger partial charge is 0.481 e. The molecule has 0 bridgehead atoms. The molecular weight excluding hydrogens is 218 g/mol. The molecule has 2 N–H and O–H groups in total. The van der Waals surface area contributed by atoms with E-state index in [0.29, 0.717) is 24.7 Å². The van der Waals surface area contributed by atoms with Gasteiger partial charge in [0.05, 0.1) is 0 Å². The topological polar surface area (TPSA) is 66.4 Å². The molecule has 1 aliphatic rings. The molecule has 1 amide bonds. The lowest BCUT2D eigenvalue weighted by atomic mass is 9.80. The van der Waals surface area contributed by atoms with Crippen LogP contribution in [0.25, 0.3) is 0 Å². The highest BCUT2D eigenvalue weighted by Crippen LogP contribution is 2.28. The van der Waals surface area contributed by atoms with Gasteiger partial charge in [-0.2, -0.15) is 0 Å². The molecule has 0 saturated heterocycles. The van der Waals surface area contributed by atoms with E-state index in [4.69, 9.17) is 5.11 Å². The molecule has 0 heterocycles. The molecule has 1 saturated carbocycles. The molecule has 0 aromatic heterocycles. The van der Waals surface area contributed by atoms with E-state index in [1.165, 1.54) is 6.42 Å². The molecule has 0 aromatic carbocycles. The van der Waals surface area contributed by atoms with Gasteiger partial charge in [-0.1, -0.05) is 13.8 Å². The second-order valence-electron chi connectivity index (χ2n) is 5.43. The molecule has 1 aliphatic carbocycles. The number of amides is 1. The van der Waals surface area contributed by atoms with Crippen molar-refractivity contribution in [2.75, 3.05) is 0 Å². The second-order valence-corrected chi connectivity index (χ2v) is 5.43. The van der Waals surface area contributed by atoms with E-state index in [-0.39, 0.29) is 18.4 Å². The van der Waals surface area contributed by atoms with Crippen molar-refractivity contribution in [2.24, 2.45) is 11.8 Å². The predicted molar refractivity (Wildman–Crippen MR) is 65.6 cm³/mol. The summed E-state index contributed by atoms with van der Waals surface area (Å²) in [6.45, 7) is 4.44. The average Bonchev–Trinajstić information content (AvgIpc) is 2.14. The third-order valence-corrected chi connectivity index (χ3v) is 3.34. The molecule has 4 nitrogen and oxygen atoms in total. The Bertz CT molecular complexity index is 268. The standard InChI is InChI=1S/C13H23NO3/c1-9-6-10(2)8-11(7-9)14-12(15)4-3-5-13(16)17/h9-11H,3-8H2,1-2H3,(H,14,15)(H,16,17). The zero-order valence-corrected chi connectivity index (χ0v) is 10.7. The van der Waals surface area contributed by atoms with Gasteiger partial charge in [-0.05, 0) is 37.5 Å². The Morgan fingerprint density at radius 3 is 2.24 bits per heavy atom. The first-order valence-electron chi connectivity index (χ1n) is 6.48. The number of carbonyl (C=O) groups is 2. The summed E-state index contributed by atoms with van der Waals surface area (Å²) in [5, 5.41) is 11.5. The number of carboxylic acids is 1. The van der Waals surface area contributed by atoms with Crippen molar-refractivity contribution in [2.45, 2.75) is 58.4 Å². The van der Waals surface area contributed by atoms with Crippen LogP contribution in [0.3, 0.4) is 0 Å². The second kappa shape index (κ2) is 6.62. The zero-order valence-electron chi connectivity index (χ0n) is 10.7. The summed E-state index contributed by atoms with van der Waals surface area (Å²) >= 11 is 0. The van der Waals surface area contributed by atoms with E-state index in [2.05, 4.69) is 19.2 Å². The Morgan fingerprint density at radius 2 is 1.71 bits per heavy atom. The van der Waals surface area contributed by atoms with Gasteiger partial charge in [0.25, 0.3) is 0 Å². The summed E-state index contributed by atoms with van der Waals surface area (Å²) in [6, 6.07) is 0.283. The Labute approximate surface area is 103 Å². The van der Waals surface area contributed by atoms with E-state index in [1.807, 2.05) is 0 Å². The SMILES string of the molecule is CC1CC(C)CC(NC(=O)CCCC(=O)O)C1. The van der Waals surface area contributed by atoms with Crippen molar-refractivity contribution in [3.8, 4) is 0 Å². The molecule has 17 heavy (non-hydrogen) atoms. The Hall–Kier alpha value is -1.06. The highest BCUT2D eigenvalue weighted by atomic mass is 16.4. The number of aliphatic carboxylic acids is 1. The molecule has 2 unspecified atom stereocenters. The van der Waals surface area contributed by atoms with Gasteiger partial charge >= 0.3 is 5.97 Å². The molecular formula is C13H23NO3. The summed E-state index contributed by atoms with van der Waals surface area (Å²) in [4.78, 5) is 21.9. The van der Waals surface area contributed by atoms with Crippen molar-refractivity contribution in [1.29, 1.82) is 0 Å². The summed E-state index contributed by atoms with van der Waals surface area (Å²) < 4.78 is 0. The van der Waals surface area contributed by atoms with Crippen LogP contribution in [0.5, 0.6) is 0 Å². The summed E-state index contributed by atoms with van der Waals surface area (Å²) in [5.74, 6) is 0.501. The average molecular weight is 241 g/mol. The van der Waals surface area contributed by atoms with Gasteiger partial charge in [-0.15, -0.1) is 0 Å². The Morgan fingerprint density at radius 1 is 1.12 bits per heavy atom. The van der Waals surface area contributed by atoms with Gasteiger partial charge < -0.3 is 10.4 Å². The van der Waals surface area contributed by atoms with Gasteiger partial charge in [0.2, 0.25) is 5.91 Å². The zero-order chi connectivity index (χ0) is 12.8. The highest BCUT2D eigenvalue weighted by Gasteiger charge is 2.24. The first-order chi connectivity index (χ1) is 7.97. The smallest absolute Gasteiger partial charge is 0.303 e. The van der Waals surface area contributed by atoms with Crippen molar-refractivity contribution < 1.29 is 14.7 Å². The highest BCUT2D eigenvalue weighted by molar-refractivity contribution is 5.77. The fraction of sp³-hybridized carbons (Fsp3) is 0.846. The van der Waals surface area contributed by atoms with E-state index in [9.17, 15) is 9.59 Å². The third kappa shape index (κ3) is 5.71. The third-order valence-electron chi connectivity index (χ3n) is 3.34. The molecule has 2 atom stereocenters. The van der Waals surface area contributed by atoms with Crippen LogP contribution in [-0.2, 0) is 9.59 Å². The van der Waals surface area contributed by atoms with Gasteiger partial charge in [0.1, 0.15) is 0 Å². The normalized spacial score (nSPS) is 28.7. The molecule has 1 fully saturated rings. The first kappa shape index (κ1) is 14.0. The van der Waals surface area contributed by atoms with Crippen LogP contribution in [0.4, 0.5) is 0 Å². The maximum Gasteiger partial charge on any atom is 0.303 e. The lowest BCUT2D eigenvalue weighted by Gasteiger charge is -2.31. The van der Waals surface area contributed by atoms with Crippen LogP contribution in [-0.4, -0.2) is 23.0 Å². The number of nitrogens with one attached hydrogen (secondary N) is 1. The lowest BCUT2D eigenvalue weighted by Crippen LogP contribution is -2.39. The van der Waals surface area contributed by atoms with Crippen LogP contribution < -0.4 is 5.32 Å². The number of carboxylic acid groups (broad SMARTS) is 1. The predicted octanol–water partition coefficient (Wildman–Crippen LogP) is 2.18. The summed E-state index contributed by atoms with van der Waals surface area (Å²) in [7, 11) is 0. The summed E-state index contributed by atoms with van der Waals surface area (Å²) in [6.07, 6.45) is 4.17. The minimum atomic E-state index is -0.835. The van der Waals surface area contributed by atoms with Crippen LogP contribution in [0.15, 0.2) is 0 Å². The molecule has 0 spiro atoms.